The Balaban J connectivity index is 0.00000300. The molecule has 1 saturated heterocycles. The van der Waals surface area contributed by atoms with Crippen molar-refractivity contribution in [2.75, 3.05) is 18.4 Å². The Hall–Kier alpha value is -1.90. The summed E-state index contributed by atoms with van der Waals surface area (Å²) < 4.78 is 0. The number of likely N-dealkylation sites (tertiary alicyclic amines) is 1. The molecule has 0 aromatic heterocycles. The average molecular weight is 409 g/mol. The summed E-state index contributed by atoms with van der Waals surface area (Å²) in [7, 11) is 0. The molecule has 9 heteroatoms. The smallest absolute Gasteiger partial charge is 0.550 e. The molecule has 1 aromatic rings. The van der Waals surface area contributed by atoms with E-state index < -0.39 is 17.3 Å². The molecule has 0 spiro atoms. The molecule has 3 rings (SSSR count). The van der Waals surface area contributed by atoms with Gasteiger partial charge in [0.05, 0.1) is 11.3 Å². The van der Waals surface area contributed by atoms with Crippen LogP contribution in [0.25, 0.3) is 0 Å². The Morgan fingerprint density at radius 1 is 1.14 bits per heavy atom. The van der Waals surface area contributed by atoms with E-state index in [1.165, 1.54) is 0 Å². The van der Waals surface area contributed by atoms with Crippen molar-refractivity contribution in [1.29, 1.82) is 0 Å². The Labute approximate surface area is 191 Å². The first kappa shape index (κ1) is 23.4. The summed E-state index contributed by atoms with van der Waals surface area (Å²) in [6.07, 6.45) is 2.49. The number of hydrogen-bond donors (Lipinski definition) is 2. The summed E-state index contributed by atoms with van der Waals surface area (Å²) in [5.74, 6) is -2.45. The Morgan fingerprint density at radius 3 is 2.28 bits per heavy atom. The van der Waals surface area contributed by atoms with Gasteiger partial charge in [0.2, 0.25) is 11.8 Å². The minimum atomic E-state index is -1.20. The Bertz CT molecular complexity index is 801. The number of primary amides is 1. The maximum absolute atomic E-state index is 12.9. The van der Waals surface area contributed by atoms with Crippen LogP contribution in [0, 0.1) is 11.3 Å². The molecule has 1 saturated carbocycles. The third-order valence-corrected chi connectivity index (χ3v) is 5.86. The molecular weight excluding hydrogens is 385 g/mol. The number of carboxylic acid groups (broad SMARTS) is 1. The number of carbonyl (C=O) groups is 4. The van der Waals surface area contributed by atoms with Gasteiger partial charge in [0.1, 0.15) is 0 Å². The minimum Gasteiger partial charge on any atom is -0.550 e. The van der Waals surface area contributed by atoms with Crippen molar-refractivity contribution in [3.8, 4) is 0 Å². The van der Waals surface area contributed by atoms with Gasteiger partial charge in [0, 0.05) is 36.8 Å². The number of para-hydroxylation sites is 1. The van der Waals surface area contributed by atoms with Gasteiger partial charge in [-0.05, 0) is 37.8 Å². The zero-order valence-corrected chi connectivity index (χ0v) is 18.6. The van der Waals surface area contributed by atoms with Gasteiger partial charge < -0.3 is 25.9 Å². The van der Waals surface area contributed by atoms with Gasteiger partial charge in [-0.3, -0.25) is 14.4 Å². The molecule has 1 aliphatic carbocycles. The number of nitrogens with one attached hydrogen (secondary N) is 1. The molecule has 2 aliphatic rings. The first-order chi connectivity index (χ1) is 13.3. The number of nitrogens with two attached hydrogens (primary N) is 1. The molecule has 0 atom stereocenters. The summed E-state index contributed by atoms with van der Waals surface area (Å²) in [5.41, 5.74) is 4.92. The topological polar surface area (TPSA) is 133 Å². The van der Waals surface area contributed by atoms with Crippen molar-refractivity contribution in [3.05, 3.63) is 29.8 Å². The number of amides is 3. The molecule has 1 aliphatic heterocycles. The fourth-order valence-electron chi connectivity index (χ4n) is 3.87. The van der Waals surface area contributed by atoms with E-state index in [2.05, 4.69) is 5.32 Å². The molecule has 150 valence electrons. The maximum atomic E-state index is 12.9. The number of hydrogen-bond acceptors (Lipinski definition) is 5. The second-order valence-corrected chi connectivity index (χ2v) is 7.66. The van der Waals surface area contributed by atoms with Crippen LogP contribution in [0.15, 0.2) is 24.3 Å². The quantitative estimate of drug-likeness (QED) is 0.493. The molecule has 0 radical (unpaired) electrons. The summed E-state index contributed by atoms with van der Waals surface area (Å²) in [6, 6.07) is 6.64. The maximum Gasteiger partial charge on any atom is 1.00 e. The second kappa shape index (κ2) is 9.73. The van der Waals surface area contributed by atoms with E-state index in [0.29, 0.717) is 50.0 Å². The predicted molar refractivity (Wildman–Crippen MR) is 98.8 cm³/mol. The number of nitrogens with zero attached hydrogens (tertiary/aromatic N) is 1. The number of piperidine rings is 1. The molecule has 2 fully saturated rings. The first-order valence-electron chi connectivity index (χ1n) is 9.51. The molecule has 3 N–H and O–H groups in total. The average Bonchev–Trinajstić information content (AvgIpc) is 2.64. The number of anilines is 1. The van der Waals surface area contributed by atoms with Crippen LogP contribution < -0.4 is 45.7 Å². The van der Waals surface area contributed by atoms with Gasteiger partial charge >= 0.3 is 29.6 Å². The summed E-state index contributed by atoms with van der Waals surface area (Å²) in [6.45, 7) is 0.838. The third-order valence-electron chi connectivity index (χ3n) is 5.86. The van der Waals surface area contributed by atoms with Crippen molar-refractivity contribution in [3.63, 3.8) is 0 Å². The predicted octanol–water partition coefficient (Wildman–Crippen LogP) is -2.72. The van der Waals surface area contributed by atoms with Gasteiger partial charge in [-0.25, -0.2) is 0 Å². The standard InChI is InChI=1S/C20H25N3O5.Na/c21-17(25)13-6-10-23(11-7-13)18(26)14-4-1-2-5-15(14)22-16(24)12-20(19(27)28)8-3-9-20;/h1-2,4-5,13H,3,6-12H2,(H2,21,25)(H,22,24)(H,27,28);/q;+1/p-1. The summed E-state index contributed by atoms with van der Waals surface area (Å²) in [4.78, 5) is 49.6. The van der Waals surface area contributed by atoms with Gasteiger partial charge in [-0.1, -0.05) is 18.6 Å². The van der Waals surface area contributed by atoms with Crippen LogP contribution in [0.1, 0.15) is 48.9 Å². The van der Waals surface area contributed by atoms with Crippen LogP contribution in [-0.4, -0.2) is 41.7 Å². The largest absolute Gasteiger partial charge is 1.00 e. The van der Waals surface area contributed by atoms with Crippen molar-refractivity contribution in [2.24, 2.45) is 17.1 Å². The van der Waals surface area contributed by atoms with Crippen molar-refractivity contribution in [2.45, 2.75) is 38.5 Å². The fraction of sp³-hybridized carbons (Fsp3) is 0.500. The zero-order valence-electron chi connectivity index (χ0n) is 16.6. The van der Waals surface area contributed by atoms with Crippen LogP contribution in [0.3, 0.4) is 0 Å². The van der Waals surface area contributed by atoms with Crippen molar-refractivity contribution in [1.82, 2.24) is 4.90 Å². The van der Waals surface area contributed by atoms with E-state index in [1.54, 1.807) is 29.2 Å². The minimum absolute atomic E-state index is 0. The molecule has 0 bridgehead atoms. The molecule has 0 unspecified atom stereocenters. The molecular formula is C20H24N3NaO5. The van der Waals surface area contributed by atoms with E-state index in [-0.39, 0.29) is 53.7 Å². The Morgan fingerprint density at radius 2 is 1.76 bits per heavy atom. The number of benzene rings is 1. The van der Waals surface area contributed by atoms with Gasteiger partial charge in [0.25, 0.3) is 5.91 Å². The summed E-state index contributed by atoms with van der Waals surface area (Å²) >= 11 is 0. The SMILES string of the molecule is NC(=O)C1CCN(C(=O)c2ccccc2NC(=O)CC2(C(=O)[O-])CCC2)CC1.[Na+]. The number of aliphatic carboxylic acids is 1. The van der Waals surface area contributed by atoms with Crippen LogP contribution in [0.5, 0.6) is 0 Å². The molecule has 3 amide bonds. The van der Waals surface area contributed by atoms with Gasteiger partial charge in [0.15, 0.2) is 0 Å². The van der Waals surface area contributed by atoms with Crippen LogP contribution in [-0.2, 0) is 14.4 Å². The van der Waals surface area contributed by atoms with Gasteiger partial charge in [-0.2, -0.15) is 0 Å². The second-order valence-electron chi connectivity index (χ2n) is 7.66. The molecule has 1 heterocycles. The molecule has 29 heavy (non-hydrogen) atoms. The number of carboxylic acids is 1. The van der Waals surface area contributed by atoms with E-state index in [0.717, 1.165) is 6.42 Å². The zero-order chi connectivity index (χ0) is 20.3. The fourth-order valence-corrected chi connectivity index (χ4v) is 3.87. The monoisotopic (exact) mass is 409 g/mol. The van der Waals surface area contributed by atoms with Crippen LogP contribution in [0.2, 0.25) is 0 Å². The third kappa shape index (κ3) is 5.18. The van der Waals surface area contributed by atoms with Crippen molar-refractivity contribution < 1.29 is 53.8 Å². The summed E-state index contributed by atoms with van der Waals surface area (Å²) in [5, 5.41) is 14.0. The van der Waals surface area contributed by atoms with Crippen LogP contribution >= 0.6 is 0 Å². The number of carbonyl (C=O) groups excluding carboxylic acids is 4. The normalized spacial score (nSPS) is 18.1. The van der Waals surface area contributed by atoms with E-state index in [4.69, 9.17) is 5.73 Å². The van der Waals surface area contributed by atoms with E-state index in [9.17, 15) is 24.3 Å². The Kier molecular flexibility index (Phi) is 7.85. The first-order valence-corrected chi connectivity index (χ1v) is 9.51. The van der Waals surface area contributed by atoms with E-state index >= 15 is 0 Å². The van der Waals surface area contributed by atoms with Crippen molar-refractivity contribution >= 4 is 29.4 Å². The van der Waals surface area contributed by atoms with Crippen LogP contribution in [0.4, 0.5) is 5.69 Å². The molecule has 1 aromatic carbocycles. The van der Waals surface area contributed by atoms with E-state index in [1.807, 2.05) is 0 Å². The number of rotatable bonds is 6. The van der Waals surface area contributed by atoms with Gasteiger partial charge in [-0.15, -0.1) is 0 Å². The molecule has 8 nitrogen and oxygen atoms in total.